The third-order valence-corrected chi connectivity index (χ3v) is 5.14. The summed E-state index contributed by atoms with van der Waals surface area (Å²) >= 11 is 0. The Bertz CT molecular complexity index is 442. The zero-order valence-corrected chi connectivity index (χ0v) is 12.1. The van der Waals surface area contributed by atoms with E-state index in [1.54, 1.807) is 11.1 Å². The molecule has 1 aromatic carbocycles. The summed E-state index contributed by atoms with van der Waals surface area (Å²) in [7, 11) is 0. The lowest BCUT2D eigenvalue weighted by molar-refractivity contribution is 0.352. The molecule has 0 bridgehead atoms. The zero-order chi connectivity index (χ0) is 11.9. The number of rotatable bonds is 3. The van der Waals surface area contributed by atoms with Crippen LogP contribution in [-0.2, 0) is 6.42 Å². The third-order valence-electron chi connectivity index (χ3n) is 5.14. The minimum absolute atomic E-state index is 0. The fraction of sp³-hybridized carbons (Fsp3) is 0.625. The second-order valence-electron chi connectivity index (χ2n) is 6.22. The highest BCUT2D eigenvalue weighted by atomic mass is 35.5. The van der Waals surface area contributed by atoms with Crippen molar-refractivity contribution in [2.75, 3.05) is 19.6 Å². The molecular formula is C16H23ClN2. The molecule has 0 aromatic heterocycles. The van der Waals surface area contributed by atoms with Crippen LogP contribution in [0.4, 0.5) is 0 Å². The van der Waals surface area contributed by atoms with Crippen LogP contribution < -0.4 is 10.6 Å². The predicted molar refractivity (Wildman–Crippen MR) is 81.0 cm³/mol. The van der Waals surface area contributed by atoms with E-state index in [9.17, 15) is 0 Å². The van der Waals surface area contributed by atoms with Gasteiger partial charge in [-0.2, -0.15) is 0 Å². The van der Waals surface area contributed by atoms with Crippen LogP contribution in [0.1, 0.15) is 29.9 Å². The van der Waals surface area contributed by atoms with Crippen LogP contribution >= 0.6 is 12.4 Å². The van der Waals surface area contributed by atoms with Crippen molar-refractivity contribution in [1.29, 1.82) is 0 Å². The smallest absolute Gasteiger partial charge is 0.0177 e. The molecule has 104 valence electrons. The maximum absolute atomic E-state index is 3.84. The summed E-state index contributed by atoms with van der Waals surface area (Å²) in [6, 6.07) is 9.82. The summed E-state index contributed by atoms with van der Waals surface area (Å²) in [6.45, 7) is 3.67. The standard InChI is InChI=1S/C16H22N2.ClH/c1-2-4-13-12(3-1)9-14-15(13)16(14)18-10-11-5-7-17-8-6-11;/h1-4,11,14-18H,5-10H2;1H/t14-,15+,16+;/m0./s1. The van der Waals surface area contributed by atoms with Gasteiger partial charge < -0.3 is 10.6 Å². The van der Waals surface area contributed by atoms with Crippen molar-refractivity contribution in [1.82, 2.24) is 10.6 Å². The number of benzene rings is 1. The van der Waals surface area contributed by atoms with Crippen LogP contribution in [0.15, 0.2) is 24.3 Å². The highest BCUT2D eigenvalue weighted by Gasteiger charge is 2.55. The number of hydrogen-bond acceptors (Lipinski definition) is 2. The molecule has 0 unspecified atom stereocenters. The van der Waals surface area contributed by atoms with E-state index in [0.29, 0.717) is 0 Å². The van der Waals surface area contributed by atoms with Crippen molar-refractivity contribution in [3.63, 3.8) is 0 Å². The quantitative estimate of drug-likeness (QED) is 0.887. The van der Waals surface area contributed by atoms with Gasteiger partial charge >= 0.3 is 0 Å². The van der Waals surface area contributed by atoms with Crippen molar-refractivity contribution in [2.24, 2.45) is 11.8 Å². The Labute approximate surface area is 121 Å². The molecule has 1 heterocycles. The van der Waals surface area contributed by atoms with Crippen molar-refractivity contribution in [3.05, 3.63) is 35.4 Å². The van der Waals surface area contributed by atoms with Crippen molar-refractivity contribution in [3.8, 4) is 0 Å². The van der Waals surface area contributed by atoms with Gasteiger partial charge in [-0.1, -0.05) is 24.3 Å². The van der Waals surface area contributed by atoms with Crippen LogP contribution in [0, 0.1) is 11.8 Å². The van der Waals surface area contributed by atoms with Gasteiger partial charge in [0.05, 0.1) is 0 Å². The van der Waals surface area contributed by atoms with Crippen LogP contribution in [-0.4, -0.2) is 25.7 Å². The first-order chi connectivity index (χ1) is 8.93. The van der Waals surface area contributed by atoms with E-state index in [1.165, 1.54) is 38.9 Å². The molecule has 19 heavy (non-hydrogen) atoms. The summed E-state index contributed by atoms with van der Waals surface area (Å²) in [5, 5.41) is 7.28. The van der Waals surface area contributed by atoms with Crippen LogP contribution in [0.2, 0.25) is 0 Å². The van der Waals surface area contributed by atoms with E-state index in [0.717, 1.165) is 23.8 Å². The second-order valence-corrected chi connectivity index (χ2v) is 6.22. The summed E-state index contributed by atoms with van der Waals surface area (Å²) in [4.78, 5) is 0. The van der Waals surface area contributed by atoms with Crippen LogP contribution in [0.25, 0.3) is 0 Å². The van der Waals surface area contributed by atoms with Gasteiger partial charge in [-0.25, -0.2) is 0 Å². The lowest BCUT2D eigenvalue weighted by Gasteiger charge is -2.23. The largest absolute Gasteiger partial charge is 0.317 e. The molecule has 1 saturated heterocycles. The molecule has 1 aromatic rings. The van der Waals surface area contributed by atoms with Gasteiger partial charge in [0.1, 0.15) is 0 Å². The van der Waals surface area contributed by atoms with Gasteiger partial charge in [-0.15, -0.1) is 12.4 Å². The van der Waals surface area contributed by atoms with Gasteiger partial charge in [0.15, 0.2) is 0 Å². The van der Waals surface area contributed by atoms with E-state index < -0.39 is 0 Å². The predicted octanol–water partition coefficient (Wildman–Crippen LogP) is 2.34. The molecule has 3 atom stereocenters. The fourth-order valence-corrected chi connectivity index (χ4v) is 4.02. The van der Waals surface area contributed by atoms with Gasteiger partial charge in [0.2, 0.25) is 0 Å². The Hall–Kier alpha value is -0.570. The molecule has 0 amide bonds. The highest BCUT2D eigenvalue weighted by molar-refractivity contribution is 5.85. The van der Waals surface area contributed by atoms with E-state index in [-0.39, 0.29) is 12.4 Å². The van der Waals surface area contributed by atoms with E-state index in [2.05, 4.69) is 34.9 Å². The molecule has 2 aliphatic carbocycles. The molecule has 1 aliphatic heterocycles. The van der Waals surface area contributed by atoms with Crippen LogP contribution in [0.5, 0.6) is 0 Å². The Kier molecular flexibility index (Phi) is 3.84. The molecule has 3 heteroatoms. The monoisotopic (exact) mass is 278 g/mol. The summed E-state index contributed by atoms with van der Waals surface area (Å²) < 4.78 is 0. The summed E-state index contributed by atoms with van der Waals surface area (Å²) in [6.07, 6.45) is 4.02. The molecule has 0 radical (unpaired) electrons. The normalized spacial score (nSPS) is 32.3. The average Bonchev–Trinajstić information content (AvgIpc) is 2.97. The number of fused-ring (bicyclic) bond motifs is 3. The van der Waals surface area contributed by atoms with Crippen molar-refractivity contribution < 1.29 is 0 Å². The molecule has 0 spiro atoms. The van der Waals surface area contributed by atoms with Crippen LogP contribution in [0.3, 0.4) is 0 Å². The third kappa shape index (κ3) is 2.42. The van der Waals surface area contributed by atoms with E-state index in [1.807, 2.05) is 0 Å². The number of hydrogen-bond donors (Lipinski definition) is 2. The Morgan fingerprint density at radius 1 is 1.16 bits per heavy atom. The number of nitrogens with one attached hydrogen (secondary N) is 2. The topological polar surface area (TPSA) is 24.1 Å². The highest BCUT2D eigenvalue weighted by Crippen LogP contribution is 2.56. The first-order valence-electron chi connectivity index (χ1n) is 7.45. The number of halogens is 1. The minimum Gasteiger partial charge on any atom is -0.317 e. The van der Waals surface area contributed by atoms with E-state index in [4.69, 9.17) is 0 Å². The van der Waals surface area contributed by atoms with E-state index >= 15 is 0 Å². The Balaban J connectivity index is 0.00000110. The lowest BCUT2D eigenvalue weighted by atomic mass is 9.98. The maximum atomic E-state index is 3.84. The molecule has 1 saturated carbocycles. The first kappa shape index (κ1) is 13.4. The second kappa shape index (κ2) is 5.43. The molecule has 2 nitrogen and oxygen atoms in total. The first-order valence-corrected chi connectivity index (χ1v) is 7.45. The minimum atomic E-state index is 0. The van der Waals surface area contributed by atoms with Gasteiger partial charge in [0, 0.05) is 12.0 Å². The van der Waals surface area contributed by atoms with Gasteiger partial charge in [0.25, 0.3) is 0 Å². The summed E-state index contributed by atoms with van der Waals surface area (Å²) in [5.74, 6) is 2.65. The molecule has 4 rings (SSSR count). The maximum Gasteiger partial charge on any atom is 0.0177 e. The lowest BCUT2D eigenvalue weighted by Crippen LogP contribution is -2.35. The van der Waals surface area contributed by atoms with Gasteiger partial charge in [-0.3, -0.25) is 0 Å². The SMILES string of the molecule is Cl.c1ccc2c(c1)C[C@@H]1[C@@H](NCC3CCNCC3)[C@H]21. The fourth-order valence-electron chi connectivity index (χ4n) is 4.02. The Morgan fingerprint density at radius 2 is 1.95 bits per heavy atom. The molecular weight excluding hydrogens is 256 g/mol. The number of piperidine rings is 1. The molecule has 2 N–H and O–H groups in total. The summed E-state index contributed by atoms with van der Waals surface area (Å²) in [5.41, 5.74) is 3.23. The Morgan fingerprint density at radius 3 is 2.79 bits per heavy atom. The molecule has 2 fully saturated rings. The molecule has 3 aliphatic rings. The zero-order valence-electron chi connectivity index (χ0n) is 11.3. The van der Waals surface area contributed by atoms with Crippen molar-refractivity contribution in [2.45, 2.75) is 31.2 Å². The average molecular weight is 279 g/mol. The van der Waals surface area contributed by atoms with Crippen molar-refractivity contribution >= 4 is 12.4 Å². The van der Waals surface area contributed by atoms with Gasteiger partial charge in [-0.05, 0) is 61.9 Å².